The van der Waals surface area contributed by atoms with Gasteiger partial charge in [-0.2, -0.15) is 0 Å². The first-order valence-electron chi connectivity index (χ1n) is 7.15. The highest BCUT2D eigenvalue weighted by molar-refractivity contribution is 7.89. The van der Waals surface area contributed by atoms with Crippen LogP contribution in [0.2, 0.25) is 0 Å². The molecule has 0 aliphatic heterocycles. The molecule has 2 rings (SSSR count). The first-order valence-corrected chi connectivity index (χ1v) is 8.63. The van der Waals surface area contributed by atoms with E-state index >= 15 is 0 Å². The molecule has 0 aliphatic carbocycles. The lowest BCUT2D eigenvalue weighted by atomic mass is 9.99. The second-order valence-electron chi connectivity index (χ2n) is 5.47. The van der Waals surface area contributed by atoms with E-state index in [9.17, 15) is 8.42 Å². The van der Waals surface area contributed by atoms with Gasteiger partial charge in [0, 0.05) is 25.0 Å². The van der Waals surface area contributed by atoms with Crippen molar-refractivity contribution < 1.29 is 8.42 Å². The number of nitrogens with one attached hydrogen (secondary N) is 1. The zero-order valence-corrected chi connectivity index (χ0v) is 14.8. The first-order chi connectivity index (χ1) is 10.4. The third-order valence-electron chi connectivity index (χ3n) is 3.47. The van der Waals surface area contributed by atoms with Gasteiger partial charge in [-0.3, -0.25) is 4.98 Å². The molecule has 0 saturated carbocycles. The van der Waals surface area contributed by atoms with Crippen molar-refractivity contribution in [3.8, 4) is 0 Å². The van der Waals surface area contributed by atoms with E-state index in [0.717, 1.165) is 5.56 Å². The summed E-state index contributed by atoms with van der Waals surface area (Å²) in [5.74, 6) is 0.453. The minimum atomic E-state index is -3.58. The van der Waals surface area contributed by atoms with E-state index in [1.165, 1.54) is 24.0 Å². The molecule has 0 saturated heterocycles. The van der Waals surface area contributed by atoms with E-state index in [4.69, 9.17) is 5.73 Å². The molecule has 5 nitrogen and oxygen atoms in total. The van der Waals surface area contributed by atoms with Gasteiger partial charge in [0.1, 0.15) is 4.90 Å². The highest BCUT2D eigenvalue weighted by Gasteiger charge is 2.16. The largest absolute Gasteiger partial charge is 0.323 e. The number of rotatable bonds is 6. The Morgan fingerprint density at radius 2 is 1.74 bits per heavy atom. The summed E-state index contributed by atoms with van der Waals surface area (Å²) in [5.41, 5.74) is 8.19. The summed E-state index contributed by atoms with van der Waals surface area (Å²) >= 11 is 0. The van der Waals surface area contributed by atoms with Crippen molar-refractivity contribution >= 4 is 22.4 Å². The van der Waals surface area contributed by atoms with Gasteiger partial charge < -0.3 is 5.73 Å². The number of halogens is 1. The molecule has 1 aromatic carbocycles. The summed E-state index contributed by atoms with van der Waals surface area (Å²) in [5, 5.41) is 0. The molecule has 1 unspecified atom stereocenters. The maximum Gasteiger partial charge on any atom is 0.242 e. The fraction of sp³-hybridized carbons (Fsp3) is 0.312. The smallest absolute Gasteiger partial charge is 0.242 e. The zero-order valence-electron chi connectivity index (χ0n) is 13.1. The molecule has 0 bridgehead atoms. The van der Waals surface area contributed by atoms with Crippen LogP contribution in [0.4, 0.5) is 0 Å². The molecule has 0 radical (unpaired) electrons. The van der Waals surface area contributed by atoms with Crippen molar-refractivity contribution in [3.63, 3.8) is 0 Å². The summed E-state index contributed by atoms with van der Waals surface area (Å²) < 4.78 is 26.7. The molecule has 23 heavy (non-hydrogen) atoms. The standard InChI is InChI=1S/C16H21N3O2S.ClH/c1-12(2)13-5-7-14(8-6-13)16(17)11-19-22(20,21)15-4-3-9-18-10-15;/h3-10,12,16,19H,11,17H2,1-2H3;1H. The van der Waals surface area contributed by atoms with Crippen LogP contribution in [-0.4, -0.2) is 19.9 Å². The normalized spacial score (nSPS) is 12.7. The molecule has 3 N–H and O–H groups in total. The Balaban J connectivity index is 0.00000264. The molecular formula is C16H22ClN3O2S. The maximum absolute atomic E-state index is 12.1. The highest BCUT2D eigenvalue weighted by Crippen LogP contribution is 2.17. The molecule has 0 spiro atoms. The summed E-state index contributed by atoms with van der Waals surface area (Å²) in [7, 11) is -3.58. The fourth-order valence-electron chi connectivity index (χ4n) is 2.03. The van der Waals surface area contributed by atoms with Crippen molar-refractivity contribution in [1.29, 1.82) is 0 Å². The van der Waals surface area contributed by atoms with Gasteiger partial charge in [-0.05, 0) is 29.2 Å². The fourth-order valence-corrected chi connectivity index (χ4v) is 3.06. The SMILES string of the molecule is CC(C)c1ccc(C(N)CNS(=O)(=O)c2cccnc2)cc1.Cl. The van der Waals surface area contributed by atoms with Crippen LogP contribution in [0.3, 0.4) is 0 Å². The third kappa shape index (κ3) is 5.28. The van der Waals surface area contributed by atoms with Gasteiger partial charge in [-0.15, -0.1) is 12.4 Å². The van der Waals surface area contributed by atoms with Crippen molar-refractivity contribution in [2.45, 2.75) is 30.7 Å². The number of aromatic nitrogens is 1. The lowest BCUT2D eigenvalue weighted by Gasteiger charge is -2.14. The second kappa shape index (κ2) is 8.40. The van der Waals surface area contributed by atoms with Crippen molar-refractivity contribution in [3.05, 3.63) is 59.9 Å². The predicted molar refractivity (Wildman–Crippen MR) is 94.1 cm³/mol. The van der Waals surface area contributed by atoms with Crippen LogP contribution in [0.25, 0.3) is 0 Å². The van der Waals surface area contributed by atoms with Crippen LogP contribution in [0.5, 0.6) is 0 Å². The molecule has 1 aromatic heterocycles. The third-order valence-corrected chi connectivity index (χ3v) is 4.88. The Bertz CT molecular complexity index is 704. The number of hydrogen-bond donors (Lipinski definition) is 2. The van der Waals surface area contributed by atoms with Crippen LogP contribution in [0.15, 0.2) is 53.7 Å². The number of pyridine rings is 1. The van der Waals surface area contributed by atoms with Crippen LogP contribution < -0.4 is 10.5 Å². The lowest BCUT2D eigenvalue weighted by molar-refractivity contribution is 0.572. The molecule has 126 valence electrons. The van der Waals surface area contributed by atoms with E-state index in [1.54, 1.807) is 6.07 Å². The Labute approximate surface area is 143 Å². The van der Waals surface area contributed by atoms with Crippen molar-refractivity contribution in [1.82, 2.24) is 9.71 Å². The van der Waals surface area contributed by atoms with Gasteiger partial charge in [0.05, 0.1) is 0 Å². The molecular weight excluding hydrogens is 334 g/mol. The minimum absolute atomic E-state index is 0. The Morgan fingerprint density at radius 3 is 2.26 bits per heavy atom. The molecule has 1 heterocycles. The van der Waals surface area contributed by atoms with Crippen LogP contribution >= 0.6 is 12.4 Å². The van der Waals surface area contributed by atoms with Gasteiger partial charge in [-0.25, -0.2) is 13.1 Å². The molecule has 0 amide bonds. The van der Waals surface area contributed by atoms with E-state index in [0.29, 0.717) is 5.92 Å². The topological polar surface area (TPSA) is 85.1 Å². The van der Waals surface area contributed by atoms with Gasteiger partial charge in [-0.1, -0.05) is 38.1 Å². The van der Waals surface area contributed by atoms with E-state index in [2.05, 4.69) is 23.6 Å². The summed E-state index contributed by atoms with van der Waals surface area (Å²) in [6.45, 7) is 4.38. The monoisotopic (exact) mass is 355 g/mol. The number of nitrogens with zero attached hydrogens (tertiary/aromatic N) is 1. The molecule has 1 atom stereocenters. The van der Waals surface area contributed by atoms with Gasteiger partial charge in [0.2, 0.25) is 10.0 Å². The Hall–Kier alpha value is -1.47. The van der Waals surface area contributed by atoms with Crippen LogP contribution in [-0.2, 0) is 10.0 Å². The van der Waals surface area contributed by atoms with Crippen LogP contribution in [0.1, 0.15) is 36.9 Å². The molecule has 0 fully saturated rings. The van der Waals surface area contributed by atoms with Gasteiger partial charge in [0.25, 0.3) is 0 Å². The Morgan fingerprint density at radius 1 is 1.13 bits per heavy atom. The molecule has 0 aliphatic rings. The van der Waals surface area contributed by atoms with Gasteiger partial charge in [0.15, 0.2) is 0 Å². The Kier molecular flexibility index (Phi) is 7.15. The number of sulfonamides is 1. The van der Waals surface area contributed by atoms with E-state index in [1.807, 2.05) is 24.3 Å². The summed E-state index contributed by atoms with van der Waals surface area (Å²) in [6, 6.07) is 10.6. The van der Waals surface area contributed by atoms with Crippen molar-refractivity contribution in [2.24, 2.45) is 5.73 Å². The highest BCUT2D eigenvalue weighted by atomic mass is 35.5. The number of hydrogen-bond acceptors (Lipinski definition) is 4. The quantitative estimate of drug-likeness (QED) is 0.834. The van der Waals surface area contributed by atoms with Crippen LogP contribution in [0, 0.1) is 0 Å². The molecule has 2 aromatic rings. The van der Waals surface area contributed by atoms with E-state index in [-0.39, 0.29) is 23.8 Å². The van der Waals surface area contributed by atoms with Gasteiger partial charge >= 0.3 is 0 Å². The lowest BCUT2D eigenvalue weighted by Crippen LogP contribution is -2.32. The van der Waals surface area contributed by atoms with Crippen molar-refractivity contribution in [2.75, 3.05) is 6.54 Å². The average molecular weight is 356 g/mol. The molecule has 7 heteroatoms. The first kappa shape index (κ1) is 19.6. The predicted octanol–water partition coefficient (Wildman–Crippen LogP) is 2.61. The summed E-state index contributed by atoms with van der Waals surface area (Å²) in [4.78, 5) is 3.95. The number of benzene rings is 1. The average Bonchev–Trinajstić information content (AvgIpc) is 2.53. The maximum atomic E-state index is 12.1. The minimum Gasteiger partial charge on any atom is -0.323 e. The summed E-state index contributed by atoms with van der Waals surface area (Å²) in [6.07, 6.45) is 2.84. The zero-order chi connectivity index (χ0) is 16.2. The second-order valence-corrected chi connectivity index (χ2v) is 7.24. The number of nitrogens with two attached hydrogens (primary N) is 1. The van der Waals surface area contributed by atoms with E-state index < -0.39 is 16.1 Å².